The SMILES string of the molecule is CC(=O)C(CC1CCC(COc2cc(=O)oc3ccccc23)CC1)C(=O)O. The van der Waals surface area contributed by atoms with Crippen LogP contribution in [0.25, 0.3) is 11.0 Å². The summed E-state index contributed by atoms with van der Waals surface area (Å²) in [4.78, 5) is 34.4. The molecule has 0 spiro atoms. The number of rotatable bonds is 7. The third-order valence-corrected chi connectivity index (χ3v) is 5.41. The normalized spacial score (nSPS) is 20.9. The van der Waals surface area contributed by atoms with Crippen molar-refractivity contribution in [2.24, 2.45) is 17.8 Å². The number of ether oxygens (including phenoxy) is 1. The van der Waals surface area contributed by atoms with Crippen LogP contribution in [0.1, 0.15) is 39.0 Å². The molecule has 0 saturated heterocycles. The predicted molar refractivity (Wildman–Crippen MR) is 99.9 cm³/mol. The maximum atomic E-state index is 11.7. The fourth-order valence-electron chi connectivity index (χ4n) is 3.82. The number of carbonyl (C=O) groups excluding carboxylic acids is 1. The highest BCUT2D eigenvalue weighted by Crippen LogP contribution is 2.34. The number of hydrogen-bond donors (Lipinski definition) is 1. The van der Waals surface area contributed by atoms with Crippen molar-refractivity contribution in [1.82, 2.24) is 0 Å². The van der Waals surface area contributed by atoms with Crippen LogP contribution in [0.3, 0.4) is 0 Å². The number of ketones is 1. The quantitative estimate of drug-likeness (QED) is 0.589. The second-order valence-electron chi connectivity index (χ2n) is 7.36. The van der Waals surface area contributed by atoms with Crippen molar-refractivity contribution < 1.29 is 23.8 Å². The van der Waals surface area contributed by atoms with Gasteiger partial charge in [-0.3, -0.25) is 9.59 Å². The van der Waals surface area contributed by atoms with Crippen molar-refractivity contribution in [2.75, 3.05) is 6.61 Å². The standard InChI is InChI=1S/C21H24O6/c1-13(22)17(21(24)25)10-14-6-8-15(9-7-14)12-26-19-11-20(23)27-18-5-3-2-4-16(18)19/h2-5,11,14-15,17H,6-10,12H2,1H3,(H,24,25). The van der Waals surface area contributed by atoms with E-state index in [-0.39, 0.29) is 11.7 Å². The van der Waals surface area contributed by atoms with Crippen molar-refractivity contribution in [3.8, 4) is 5.75 Å². The lowest BCUT2D eigenvalue weighted by Crippen LogP contribution is -2.27. The molecule has 144 valence electrons. The summed E-state index contributed by atoms with van der Waals surface area (Å²) in [6.07, 6.45) is 4.05. The Morgan fingerprint density at radius 3 is 2.52 bits per heavy atom. The van der Waals surface area contributed by atoms with Crippen LogP contribution in [0.15, 0.2) is 39.5 Å². The van der Waals surface area contributed by atoms with Gasteiger partial charge in [0.05, 0.1) is 18.1 Å². The maximum absolute atomic E-state index is 11.7. The topological polar surface area (TPSA) is 93.8 Å². The highest BCUT2D eigenvalue weighted by molar-refractivity contribution is 5.96. The first kappa shape index (κ1) is 19.1. The van der Waals surface area contributed by atoms with Crippen LogP contribution in [0.5, 0.6) is 5.75 Å². The highest BCUT2D eigenvalue weighted by atomic mass is 16.5. The van der Waals surface area contributed by atoms with Crippen molar-refractivity contribution in [3.05, 3.63) is 40.8 Å². The number of fused-ring (bicyclic) bond motifs is 1. The predicted octanol–water partition coefficient (Wildman–Crippen LogP) is 3.66. The molecule has 6 heteroatoms. The molecule has 1 aliphatic carbocycles. The van der Waals surface area contributed by atoms with Crippen LogP contribution in [-0.4, -0.2) is 23.5 Å². The van der Waals surface area contributed by atoms with Crippen molar-refractivity contribution in [3.63, 3.8) is 0 Å². The zero-order valence-corrected chi connectivity index (χ0v) is 15.3. The van der Waals surface area contributed by atoms with Crippen LogP contribution in [0.4, 0.5) is 0 Å². The monoisotopic (exact) mass is 372 g/mol. The first-order chi connectivity index (χ1) is 12.9. The molecule has 6 nitrogen and oxygen atoms in total. The summed E-state index contributed by atoms with van der Waals surface area (Å²) < 4.78 is 11.1. The van der Waals surface area contributed by atoms with Crippen LogP contribution in [-0.2, 0) is 9.59 Å². The van der Waals surface area contributed by atoms with E-state index in [1.54, 1.807) is 6.07 Å². The van der Waals surface area contributed by atoms with E-state index in [0.29, 0.717) is 30.3 Å². The van der Waals surface area contributed by atoms with Gasteiger partial charge in [-0.25, -0.2) is 4.79 Å². The van der Waals surface area contributed by atoms with Gasteiger partial charge in [-0.05, 0) is 50.2 Å². The fourth-order valence-corrected chi connectivity index (χ4v) is 3.82. The Hall–Kier alpha value is -2.63. The molecule has 1 heterocycles. The average molecular weight is 372 g/mol. The molecule has 1 aromatic carbocycles. The Bertz CT molecular complexity index is 862. The molecule has 1 unspecified atom stereocenters. The number of carbonyl (C=O) groups is 2. The Morgan fingerprint density at radius 2 is 1.85 bits per heavy atom. The molecule has 0 amide bonds. The minimum atomic E-state index is -1.03. The van der Waals surface area contributed by atoms with Gasteiger partial charge in [0, 0.05) is 0 Å². The average Bonchev–Trinajstić information content (AvgIpc) is 2.64. The Kier molecular flexibility index (Phi) is 5.94. The summed E-state index contributed by atoms with van der Waals surface area (Å²) in [7, 11) is 0. The summed E-state index contributed by atoms with van der Waals surface area (Å²) in [6.45, 7) is 1.86. The van der Waals surface area contributed by atoms with E-state index in [1.165, 1.54) is 13.0 Å². The van der Waals surface area contributed by atoms with Crippen molar-refractivity contribution in [1.29, 1.82) is 0 Å². The maximum Gasteiger partial charge on any atom is 0.339 e. The van der Waals surface area contributed by atoms with Gasteiger partial charge in [-0.2, -0.15) is 0 Å². The number of para-hydroxylation sites is 1. The molecular formula is C21H24O6. The number of aliphatic carboxylic acids is 1. The van der Waals surface area contributed by atoms with Gasteiger partial charge >= 0.3 is 11.6 Å². The van der Waals surface area contributed by atoms with Gasteiger partial charge in [0.2, 0.25) is 0 Å². The number of carboxylic acids is 1. The largest absolute Gasteiger partial charge is 0.492 e. The number of Topliss-reactive ketones (excluding diaryl/α,β-unsaturated/α-hetero) is 1. The lowest BCUT2D eigenvalue weighted by atomic mass is 9.77. The second-order valence-corrected chi connectivity index (χ2v) is 7.36. The molecule has 0 radical (unpaired) electrons. The summed E-state index contributed by atoms with van der Waals surface area (Å²) in [6, 6.07) is 8.65. The number of carboxylic acid groups (broad SMARTS) is 1. The Balaban J connectivity index is 1.55. The molecular weight excluding hydrogens is 348 g/mol. The van der Waals surface area contributed by atoms with Crippen LogP contribution >= 0.6 is 0 Å². The van der Waals surface area contributed by atoms with Crippen LogP contribution in [0, 0.1) is 17.8 Å². The zero-order chi connectivity index (χ0) is 19.4. The second kappa shape index (κ2) is 8.37. The van der Waals surface area contributed by atoms with E-state index >= 15 is 0 Å². The summed E-state index contributed by atoms with van der Waals surface area (Å²) in [5.41, 5.74) is 0.0732. The molecule has 1 fully saturated rings. The van der Waals surface area contributed by atoms with Crippen molar-refractivity contribution in [2.45, 2.75) is 39.0 Å². The number of hydrogen-bond acceptors (Lipinski definition) is 5. The fraction of sp³-hybridized carbons (Fsp3) is 0.476. The summed E-state index contributed by atoms with van der Waals surface area (Å²) in [5, 5.41) is 9.95. The summed E-state index contributed by atoms with van der Waals surface area (Å²) >= 11 is 0. The third-order valence-electron chi connectivity index (χ3n) is 5.41. The zero-order valence-electron chi connectivity index (χ0n) is 15.3. The smallest absolute Gasteiger partial charge is 0.339 e. The first-order valence-corrected chi connectivity index (χ1v) is 9.33. The molecule has 1 aliphatic rings. The third kappa shape index (κ3) is 4.76. The van der Waals surface area contributed by atoms with Gasteiger partial charge in [-0.1, -0.05) is 25.0 Å². The van der Waals surface area contributed by atoms with Gasteiger partial charge in [0.15, 0.2) is 0 Å². The van der Waals surface area contributed by atoms with Crippen molar-refractivity contribution >= 4 is 22.7 Å². The minimum Gasteiger partial charge on any atom is -0.492 e. The molecule has 1 aromatic heterocycles. The molecule has 1 N–H and O–H groups in total. The molecule has 0 bridgehead atoms. The van der Waals surface area contributed by atoms with E-state index in [9.17, 15) is 19.5 Å². The summed E-state index contributed by atoms with van der Waals surface area (Å²) in [5.74, 6) is -1.04. The Morgan fingerprint density at radius 1 is 1.19 bits per heavy atom. The number of benzene rings is 1. The minimum absolute atomic E-state index is 0.260. The van der Waals surface area contributed by atoms with E-state index < -0.39 is 17.5 Å². The Labute approximate surface area is 157 Å². The lowest BCUT2D eigenvalue weighted by molar-refractivity contribution is -0.146. The molecule has 1 atom stereocenters. The highest BCUT2D eigenvalue weighted by Gasteiger charge is 2.29. The molecule has 2 aromatic rings. The molecule has 27 heavy (non-hydrogen) atoms. The van der Waals surface area contributed by atoms with Crippen LogP contribution < -0.4 is 10.4 Å². The van der Waals surface area contributed by atoms with Gasteiger partial charge in [0.1, 0.15) is 23.0 Å². The molecule has 0 aliphatic heterocycles. The first-order valence-electron chi connectivity index (χ1n) is 9.33. The van der Waals surface area contributed by atoms with Crippen LogP contribution in [0.2, 0.25) is 0 Å². The van der Waals surface area contributed by atoms with E-state index in [0.717, 1.165) is 31.1 Å². The van der Waals surface area contributed by atoms with E-state index in [1.807, 2.05) is 18.2 Å². The molecule has 3 rings (SSSR count). The van der Waals surface area contributed by atoms with E-state index in [4.69, 9.17) is 9.15 Å². The van der Waals surface area contributed by atoms with Gasteiger partial charge in [0.25, 0.3) is 0 Å². The van der Waals surface area contributed by atoms with Gasteiger partial charge < -0.3 is 14.3 Å². The lowest BCUT2D eigenvalue weighted by Gasteiger charge is -2.29. The van der Waals surface area contributed by atoms with Gasteiger partial charge in [-0.15, -0.1) is 0 Å². The molecule has 1 saturated carbocycles. The van der Waals surface area contributed by atoms with E-state index in [2.05, 4.69) is 0 Å².